The molecule has 0 spiro atoms. The van der Waals surface area contributed by atoms with Gasteiger partial charge < -0.3 is 4.57 Å². The Labute approximate surface area is 137 Å². The van der Waals surface area contributed by atoms with Crippen LogP contribution in [-0.2, 0) is 13.5 Å². The average molecular weight is 332 g/mol. The van der Waals surface area contributed by atoms with Gasteiger partial charge in [0.25, 0.3) is 5.91 Å². The number of rotatable bonds is 4. The summed E-state index contributed by atoms with van der Waals surface area (Å²) in [4.78, 5) is 12.4. The second-order valence-electron chi connectivity index (χ2n) is 5.84. The van der Waals surface area contributed by atoms with E-state index in [1.165, 1.54) is 23.5 Å². The van der Waals surface area contributed by atoms with Gasteiger partial charge in [0.2, 0.25) is 5.13 Å². The number of carbonyl (C=O) groups excluding carboxylic acids is 1. The highest BCUT2D eigenvalue weighted by Gasteiger charge is 2.16. The molecule has 2 heterocycles. The van der Waals surface area contributed by atoms with Gasteiger partial charge in [-0.05, 0) is 30.2 Å². The summed E-state index contributed by atoms with van der Waals surface area (Å²) in [5.41, 5.74) is 1.25. The van der Waals surface area contributed by atoms with Gasteiger partial charge in [-0.3, -0.25) is 10.1 Å². The lowest BCUT2D eigenvalue weighted by Gasteiger charge is -2.03. The van der Waals surface area contributed by atoms with Gasteiger partial charge in [-0.15, -0.1) is 10.2 Å². The van der Waals surface area contributed by atoms with E-state index in [-0.39, 0.29) is 11.7 Å². The summed E-state index contributed by atoms with van der Waals surface area (Å²) in [7, 11) is 1.78. The van der Waals surface area contributed by atoms with Crippen LogP contribution in [0.5, 0.6) is 0 Å². The van der Waals surface area contributed by atoms with E-state index >= 15 is 0 Å². The molecule has 2 aromatic heterocycles. The Morgan fingerprint density at radius 2 is 2.13 bits per heavy atom. The lowest BCUT2D eigenvalue weighted by Crippen LogP contribution is -2.15. The van der Waals surface area contributed by atoms with Crippen molar-refractivity contribution in [3.8, 4) is 0 Å². The summed E-state index contributed by atoms with van der Waals surface area (Å²) in [6.07, 6.45) is 0.834. The number of halogens is 1. The van der Waals surface area contributed by atoms with Crippen LogP contribution >= 0.6 is 11.3 Å². The lowest BCUT2D eigenvalue weighted by molar-refractivity contribution is 0.101. The first kappa shape index (κ1) is 15.6. The molecular weight excluding hydrogens is 315 g/mol. The van der Waals surface area contributed by atoms with E-state index in [1.807, 2.05) is 0 Å². The van der Waals surface area contributed by atoms with Crippen LogP contribution in [0.15, 0.2) is 24.3 Å². The summed E-state index contributed by atoms with van der Waals surface area (Å²) >= 11 is 1.38. The molecule has 0 aliphatic carbocycles. The van der Waals surface area contributed by atoms with Crippen LogP contribution in [-0.4, -0.2) is 20.7 Å². The highest BCUT2D eigenvalue weighted by Crippen LogP contribution is 2.22. The van der Waals surface area contributed by atoms with Gasteiger partial charge in [0.05, 0.1) is 0 Å². The van der Waals surface area contributed by atoms with Crippen molar-refractivity contribution in [1.82, 2.24) is 14.8 Å². The van der Waals surface area contributed by atoms with Gasteiger partial charge in [0, 0.05) is 24.4 Å². The van der Waals surface area contributed by atoms with Crippen molar-refractivity contribution in [2.24, 2.45) is 13.0 Å². The highest BCUT2D eigenvalue weighted by atomic mass is 32.1. The second kappa shape index (κ2) is 6.08. The highest BCUT2D eigenvalue weighted by molar-refractivity contribution is 7.15. The molecule has 0 fully saturated rings. The molecule has 0 saturated heterocycles. The SMILES string of the molecule is CC(C)Cc1nnc(NC(=O)c2cc3cc(F)ccc3n2C)s1. The molecule has 3 rings (SSSR count). The van der Waals surface area contributed by atoms with E-state index in [9.17, 15) is 9.18 Å². The molecule has 0 atom stereocenters. The summed E-state index contributed by atoms with van der Waals surface area (Å²) in [6, 6.07) is 6.13. The lowest BCUT2D eigenvalue weighted by atomic mass is 10.1. The van der Waals surface area contributed by atoms with Crippen LogP contribution in [0.1, 0.15) is 29.3 Å². The molecule has 0 unspecified atom stereocenters. The summed E-state index contributed by atoms with van der Waals surface area (Å²) in [5, 5.41) is 12.9. The number of aromatic nitrogens is 3. The van der Waals surface area contributed by atoms with Crippen molar-refractivity contribution in [1.29, 1.82) is 0 Å². The maximum atomic E-state index is 13.3. The first-order valence-corrected chi connectivity index (χ1v) is 8.14. The van der Waals surface area contributed by atoms with Gasteiger partial charge in [-0.1, -0.05) is 25.2 Å². The van der Waals surface area contributed by atoms with Crippen LogP contribution in [0.25, 0.3) is 10.9 Å². The third kappa shape index (κ3) is 3.24. The standard InChI is InChI=1S/C16H17FN4OS/c1-9(2)6-14-19-20-16(23-14)18-15(22)13-8-10-7-11(17)4-5-12(10)21(13)3/h4-5,7-9H,6H2,1-3H3,(H,18,20,22). The number of amides is 1. The molecular formula is C16H17FN4OS. The number of nitrogens with one attached hydrogen (secondary N) is 1. The van der Waals surface area contributed by atoms with E-state index in [2.05, 4.69) is 29.4 Å². The monoisotopic (exact) mass is 332 g/mol. The molecule has 1 amide bonds. The molecule has 23 heavy (non-hydrogen) atoms. The smallest absolute Gasteiger partial charge is 0.274 e. The fourth-order valence-electron chi connectivity index (χ4n) is 2.44. The maximum Gasteiger partial charge on any atom is 0.274 e. The van der Waals surface area contributed by atoms with Crippen LogP contribution in [0.2, 0.25) is 0 Å². The Hall–Kier alpha value is -2.28. The van der Waals surface area contributed by atoms with E-state index in [4.69, 9.17) is 0 Å². The van der Waals surface area contributed by atoms with E-state index in [0.717, 1.165) is 16.9 Å². The number of anilines is 1. The molecule has 0 aliphatic heterocycles. The van der Waals surface area contributed by atoms with Gasteiger partial charge >= 0.3 is 0 Å². The summed E-state index contributed by atoms with van der Waals surface area (Å²) < 4.78 is 15.0. The molecule has 1 aromatic carbocycles. The molecule has 120 valence electrons. The largest absolute Gasteiger partial charge is 0.340 e. The predicted octanol–water partition coefficient (Wildman–Crippen LogP) is 3.62. The van der Waals surface area contributed by atoms with Crippen molar-refractivity contribution >= 4 is 33.3 Å². The average Bonchev–Trinajstić information content (AvgIpc) is 3.03. The van der Waals surface area contributed by atoms with Crippen molar-refractivity contribution in [2.45, 2.75) is 20.3 Å². The molecule has 0 aliphatic rings. The Bertz CT molecular complexity index is 868. The minimum absolute atomic E-state index is 0.281. The molecule has 0 bridgehead atoms. The first-order valence-electron chi connectivity index (χ1n) is 7.32. The predicted molar refractivity (Wildman–Crippen MR) is 89.3 cm³/mol. The van der Waals surface area contributed by atoms with E-state index in [0.29, 0.717) is 22.1 Å². The number of benzene rings is 1. The number of fused-ring (bicyclic) bond motifs is 1. The molecule has 1 N–H and O–H groups in total. The number of carbonyl (C=O) groups is 1. The van der Waals surface area contributed by atoms with E-state index in [1.54, 1.807) is 23.7 Å². The fraction of sp³-hybridized carbons (Fsp3) is 0.312. The zero-order valence-corrected chi connectivity index (χ0v) is 13.9. The number of aryl methyl sites for hydroxylation is 1. The number of hydrogen-bond donors (Lipinski definition) is 1. The summed E-state index contributed by atoms with van der Waals surface area (Å²) in [5.74, 6) is -0.117. The second-order valence-corrected chi connectivity index (χ2v) is 6.91. The molecule has 7 heteroatoms. The van der Waals surface area contributed by atoms with Gasteiger partial charge in [-0.25, -0.2) is 4.39 Å². The van der Waals surface area contributed by atoms with Gasteiger partial charge in [0.15, 0.2) is 0 Å². The molecule has 3 aromatic rings. The van der Waals surface area contributed by atoms with Crippen LogP contribution < -0.4 is 5.32 Å². The van der Waals surface area contributed by atoms with Crippen molar-refractivity contribution in [3.63, 3.8) is 0 Å². The molecule has 0 saturated carbocycles. The third-order valence-corrected chi connectivity index (χ3v) is 4.37. The molecule has 0 radical (unpaired) electrons. The Morgan fingerprint density at radius 1 is 1.35 bits per heavy atom. The van der Waals surface area contributed by atoms with Crippen LogP contribution in [0, 0.1) is 11.7 Å². The quantitative estimate of drug-likeness (QED) is 0.794. The van der Waals surface area contributed by atoms with Gasteiger partial charge in [0.1, 0.15) is 16.5 Å². The minimum Gasteiger partial charge on any atom is -0.340 e. The van der Waals surface area contributed by atoms with Crippen molar-refractivity contribution in [2.75, 3.05) is 5.32 Å². The van der Waals surface area contributed by atoms with E-state index < -0.39 is 0 Å². The zero-order chi connectivity index (χ0) is 16.6. The third-order valence-electron chi connectivity index (χ3n) is 3.51. The Morgan fingerprint density at radius 3 is 2.87 bits per heavy atom. The van der Waals surface area contributed by atoms with Gasteiger partial charge in [-0.2, -0.15) is 0 Å². The minimum atomic E-state index is -0.322. The number of nitrogens with zero attached hydrogens (tertiary/aromatic N) is 3. The summed E-state index contributed by atoms with van der Waals surface area (Å²) in [6.45, 7) is 4.21. The Balaban J connectivity index is 1.83. The normalized spacial score (nSPS) is 11.3. The fourth-order valence-corrected chi connectivity index (χ4v) is 3.38. The van der Waals surface area contributed by atoms with Crippen LogP contribution in [0.3, 0.4) is 0 Å². The van der Waals surface area contributed by atoms with Crippen molar-refractivity contribution < 1.29 is 9.18 Å². The maximum absolute atomic E-state index is 13.3. The first-order chi connectivity index (χ1) is 10.9. The van der Waals surface area contributed by atoms with Crippen LogP contribution in [0.4, 0.5) is 9.52 Å². The Kier molecular flexibility index (Phi) is 4.12. The zero-order valence-electron chi connectivity index (χ0n) is 13.1. The topological polar surface area (TPSA) is 59.8 Å². The molecule has 5 nitrogen and oxygen atoms in total. The number of hydrogen-bond acceptors (Lipinski definition) is 4. The van der Waals surface area contributed by atoms with Crippen molar-refractivity contribution in [3.05, 3.63) is 40.8 Å².